The van der Waals surface area contributed by atoms with E-state index in [1.165, 1.54) is 0 Å². The van der Waals surface area contributed by atoms with E-state index >= 15 is 0 Å². The first kappa shape index (κ1) is 13.6. The highest BCUT2D eigenvalue weighted by molar-refractivity contribution is 5.39. The van der Waals surface area contributed by atoms with Gasteiger partial charge in [-0.15, -0.1) is 0 Å². The molecule has 2 N–H and O–H groups in total. The highest BCUT2D eigenvalue weighted by Crippen LogP contribution is 2.26. The maximum atomic E-state index is 5.96. The number of aryl methyl sites for hydroxylation is 3. The van der Waals surface area contributed by atoms with Crippen molar-refractivity contribution < 1.29 is 9.26 Å². The van der Waals surface area contributed by atoms with Gasteiger partial charge in [0.2, 0.25) is 0 Å². The third-order valence-corrected chi connectivity index (χ3v) is 3.21. The average molecular weight is 260 g/mol. The monoisotopic (exact) mass is 260 g/mol. The standard InChI is InChI=1S/C15H20N2O2/c1-9-5-6-13(10(2)16)15(7-9)18-8-14-11(3)17-19-12(14)4/h5-7,10H,8,16H2,1-4H3/t10-/m0/s1. The van der Waals surface area contributed by atoms with Crippen LogP contribution in [0.2, 0.25) is 0 Å². The van der Waals surface area contributed by atoms with Crippen molar-refractivity contribution in [3.05, 3.63) is 46.3 Å². The number of hydrogen-bond acceptors (Lipinski definition) is 4. The van der Waals surface area contributed by atoms with Crippen LogP contribution in [-0.2, 0) is 6.61 Å². The van der Waals surface area contributed by atoms with E-state index in [9.17, 15) is 0 Å². The highest BCUT2D eigenvalue weighted by atomic mass is 16.5. The van der Waals surface area contributed by atoms with Crippen LogP contribution in [0.25, 0.3) is 0 Å². The summed E-state index contributed by atoms with van der Waals surface area (Å²) in [6.45, 7) is 8.24. The smallest absolute Gasteiger partial charge is 0.140 e. The first-order valence-electron chi connectivity index (χ1n) is 6.39. The van der Waals surface area contributed by atoms with Gasteiger partial charge < -0.3 is 15.0 Å². The maximum Gasteiger partial charge on any atom is 0.140 e. The first-order valence-corrected chi connectivity index (χ1v) is 6.39. The summed E-state index contributed by atoms with van der Waals surface area (Å²) in [5, 5.41) is 3.92. The molecule has 0 bridgehead atoms. The van der Waals surface area contributed by atoms with Gasteiger partial charge in [-0.05, 0) is 39.3 Å². The molecule has 102 valence electrons. The maximum absolute atomic E-state index is 5.96. The van der Waals surface area contributed by atoms with Crippen LogP contribution < -0.4 is 10.5 Å². The van der Waals surface area contributed by atoms with Gasteiger partial charge in [-0.3, -0.25) is 0 Å². The molecule has 0 spiro atoms. The molecule has 4 heteroatoms. The van der Waals surface area contributed by atoms with E-state index in [1.54, 1.807) is 0 Å². The lowest BCUT2D eigenvalue weighted by Crippen LogP contribution is -2.08. The molecule has 1 heterocycles. The van der Waals surface area contributed by atoms with Crippen LogP contribution in [0.15, 0.2) is 22.7 Å². The van der Waals surface area contributed by atoms with E-state index in [0.29, 0.717) is 6.61 Å². The molecule has 4 nitrogen and oxygen atoms in total. The van der Waals surface area contributed by atoms with Crippen molar-refractivity contribution in [1.29, 1.82) is 0 Å². The molecule has 2 rings (SSSR count). The summed E-state index contributed by atoms with van der Waals surface area (Å²) < 4.78 is 11.0. The van der Waals surface area contributed by atoms with Crippen molar-refractivity contribution in [2.45, 2.75) is 40.3 Å². The second-order valence-electron chi connectivity index (χ2n) is 4.92. The Balaban J connectivity index is 2.22. The molecule has 0 aliphatic rings. The molecule has 0 saturated carbocycles. The minimum atomic E-state index is -0.0553. The fourth-order valence-electron chi connectivity index (χ4n) is 2.00. The Kier molecular flexibility index (Phi) is 3.90. The quantitative estimate of drug-likeness (QED) is 0.917. The van der Waals surface area contributed by atoms with Crippen molar-refractivity contribution in [3.8, 4) is 5.75 Å². The van der Waals surface area contributed by atoms with Gasteiger partial charge >= 0.3 is 0 Å². The van der Waals surface area contributed by atoms with Gasteiger partial charge in [0, 0.05) is 11.6 Å². The lowest BCUT2D eigenvalue weighted by atomic mass is 10.1. The van der Waals surface area contributed by atoms with Gasteiger partial charge in [0.05, 0.1) is 11.3 Å². The predicted octanol–water partition coefficient (Wildman–Crippen LogP) is 3.20. The Morgan fingerprint density at radius 1 is 1.32 bits per heavy atom. The summed E-state index contributed by atoms with van der Waals surface area (Å²) in [6.07, 6.45) is 0. The molecule has 2 aromatic rings. The summed E-state index contributed by atoms with van der Waals surface area (Å²) >= 11 is 0. The van der Waals surface area contributed by atoms with Gasteiger partial charge in [0.1, 0.15) is 18.1 Å². The molecule has 1 atom stereocenters. The Morgan fingerprint density at radius 3 is 2.63 bits per heavy atom. The number of ether oxygens (including phenoxy) is 1. The van der Waals surface area contributed by atoms with E-state index in [1.807, 2.05) is 45.9 Å². The second kappa shape index (κ2) is 5.45. The van der Waals surface area contributed by atoms with Gasteiger partial charge in [-0.1, -0.05) is 17.3 Å². The Bertz CT molecular complexity index is 554. The topological polar surface area (TPSA) is 61.3 Å². The van der Waals surface area contributed by atoms with Crippen molar-refractivity contribution in [1.82, 2.24) is 5.16 Å². The van der Waals surface area contributed by atoms with Gasteiger partial charge in [0.15, 0.2) is 0 Å². The molecule has 0 amide bonds. The van der Waals surface area contributed by atoms with Crippen LogP contribution in [0.5, 0.6) is 5.75 Å². The summed E-state index contributed by atoms with van der Waals surface area (Å²) in [5.41, 5.74) is 9.99. The fraction of sp³-hybridized carbons (Fsp3) is 0.400. The lowest BCUT2D eigenvalue weighted by molar-refractivity contribution is 0.297. The van der Waals surface area contributed by atoms with Crippen LogP contribution in [0, 0.1) is 20.8 Å². The van der Waals surface area contributed by atoms with Crippen LogP contribution in [-0.4, -0.2) is 5.16 Å². The van der Waals surface area contributed by atoms with Crippen LogP contribution in [0.3, 0.4) is 0 Å². The molecular weight excluding hydrogens is 240 g/mol. The van der Waals surface area contributed by atoms with E-state index in [-0.39, 0.29) is 6.04 Å². The Labute approximate surface area is 113 Å². The molecule has 0 unspecified atom stereocenters. The van der Waals surface area contributed by atoms with E-state index in [4.69, 9.17) is 15.0 Å². The van der Waals surface area contributed by atoms with Crippen LogP contribution in [0.4, 0.5) is 0 Å². The summed E-state index contributed by atoms with van der Waals surface area (Å²) in [6, 6.07) is 6.02. The molecule has 0 saturated heterocycles. The van der Waals surface area contributed by atoms with Crippen molar-refractivity contribution in [2.24, 2.45) is 5.73 Å². The van der Waals surface area contributed by atoms with Crippen LogP contribution >= 0.6 is 0 Å². The molecule has 0 radical (unpaired) electrons. The lowest BCUT2D eigenvalue weighted by Gasteiger charge is -2.14. The fourth-order valence-corrected chi connectivity index (χ4v) is 2.00. The van der Waals surface area contributed by atoms with E-state index in [2.05, 4.69) is 5.16 Å². The average Bonchev–Trinajstić information content (AvgIpc) is 2.66. The third kappa shape index (κ3) is 2.96. The normalized spacial score (nSPS) is 12.5. The molecular formula is C15H20N2O2. The summed E-state index contributed by atoms with van der Waals surface area (Å²) in [5.74, 6) is 1.63. The third-order valence-electron chi connectivity index (χ3n) is 3.21. The zero-order valence-electron chi connectivity index (χ0n) is 11.9. The Hall–Kier alpha value is -1.81. The molecule has 1 aromatic carbocycles. The van der Waals surface area contributed by atoms with E-state index < -0.39 is 0 Å². The van der Waals surface area contributed by atoms with Gasteiger partial charge in [0.25, 0.3) is 0 Å². The first-order chi connectivity index (χ1) is 8.99. The molecule has 0 fully saturated rings. The summed E-state index contributed by atoms with van der Waals surface area (Å²) in [4.78, 5) is 0. The van der Waals surface area contributed by atoms with Gasteiger partial charge in [-0.25, -0.2) is 0 Å². The van der Waals surface area contributed by atoms with Crippen molar-refractivity contribution in [3.63, 3.8) is 0 Å². The minimum Gasteiger partial charge on any atom is -0.488 e. The number of nitrogens with two attached hydrogens (primary N) is 1. The highest BCUT2D eigenvalue weighted by Gasteiger charge is 2.12. The van der Waals surface area contributed by atoms with Gasteiger partial charge in [-0.2, -0.15) is 0 Å². The molecule has 19 heavy (non-hydrogen) atoms. The molecule has 0 aliphatic carbocycles. The number of rotatable bonds is 4. The van der Waals surface area contributed by atoms with Crippen molar-refractivity contribution >= 4 is 0 Å². The molecule has 1 aromatic heterocycles. The van der Waals surface area contributed by atoms with Crippen molar-refractivity contribution in [2.75, 3.05) is 0 Å². The zero-order chi connectivity index (χ0) is 14.0. The molecule has 0 aliphatic heterocycles. The zero-order valence-corrected chi connectivity index (χ0v) is 11.9. The predicted molar refractivity (Wildman–Crippen MR) is 74.1 cm³/mol. The van der Waals surface area contributed by atoms with E-state index in [0.717, 1.165) is 33.9 Å². The largest absolute Gasteiger partial charge is 0.488 e. The minimum absolute atomic E-state index is 0.0553. The summed E-state index contributed by atoms with van der Waals surface area (Å²) in [7, 11) is 0. The number of aromatic nitrogens is 1. The Morgan fingerprint density at radius 2 is 2.05 bits per heavy atom. The number of benzene rings is 1. The number of hydrogen-bond donors (Lipinski definition) is 1. The number of nitrogens with zero attached hydrogens (tertiary/aromatic N) is 1. The second-order valence-corrected chi connectivity index (χ2v) is 4.92. The van der Waals surface area contributed by atoms with Crippen LogP contribution in [0.1, 0.15) is 41.1 Å². The SMILES string of the molecule is Cc1ccc([C@H](C)N)c(OCc2c(C)noc2C)c1.